The van der Waals surface area contributed by atoms with Crippen LogP contribution in [0.1, 0.15) is 18.4 Å². The zero-order chi connectivity index (χ0) is 19.8. The first-order valence-corrected chi connectivity index (χ1v) is 10.0. The Morgan fingerprint density at radius 1 is 1.21 bits per heavy atom. The predicted octanol–water partition coefficient (Wildman–Crippen LogP) is 1.84. The van der Waals surface area contributed by atoms with Gasteiger partial charge in [0.05, 0.1) is 12.6 Å². The Morgan fingerprint density at radius 3 is 2.64 bits per heavy atom. The Balaban J connectivity index is 1.82. The molecule has 4 rings (SSSR count). The van der Waals surface area contributed by atoms with Gasteiger partial charge in [0.15, 0.2) is 11.2 Å². The first-order valence-electron chi connectivity index (χ1n) is 9.22. The molecule has 0 amide bonds. The number of nitrogens with zero attached hydrogens (tertiary/aromatic N) is 4. The van der Waals surface area contributed by atoms with Gasteiger partial charge in [-0.2, -0.15) is 4.98 Å². The highest BCUT2D eigenvalue weighted by Crippen LogP contribution is 2.20. The van der Waals surface area contributed by atoms with E-state index in [4.69, 9.17) is 4.74 Å². The van der Waals surface area contributed by atoms with Crippen molar-refractivity contribution < 1.29 is 4.74 Å². The molecule has 1 aliphatic heterocycles. The summed E-state index contributed by atoms with van der Waals surface area (Å²) in [6.07, 6.45) is 2.18. The van der Waals surface area contributed by atoms with Crippen LogP contribution in [0.2, 0.25) is 0 Å². The molecule has 28 heavy (non-hydrogen) atoms. The number of aryl methyl sites for hydroxylation is 1. The lowest BCUT2D eigenvalue weighted by Crippen LogP contribution is -2.37. The van der Waals surface area contributed by atoms with Gasteiger partial charge >= 0.3 is 5.69 Å². The second kappa shape index (κ2) is 7.56. The number of nitrogens with one attached hydrogen (secondary N) is 1. The normalized spacial score (nSPS) is 16.8. The number of hydrogen-bond donors (Lipinski definition) is 1. The summed E-state index contributed by atoms with van der Waals surface area (Å²) in [5.74, 6) is 0.562. The first-order chi connectivity index (χ1) is 13.5. The van der Waals surface area contributed by atoms with Gasteiger partial charge in [-0.05, 0) is 30.5 Å². The lowest BCUT2D eigenvalue weighted by Gasteiger charge is -2.14. The third kappa shape index (κ3) is 3.40. The van der Waals surface area contributed by atoms with Gasteiger partial charge in [-0.1, -0.05) is 28.1 Å². The van der Waals surface area contributed by atoms with Crippen LogP contribution in [0, 0.1) is 0 Å². The van der Waals surface area contributed by atoms with Crippen molar-refractivity contribution in [3.05, 3.63) is 55.1 Å². The number of benzene rings is 1. The predicted molar refractivity (Wildman–Crippen MR) is 111 cm³/mol. The topological polar surface area (TPSA) is 83.1 Å². The van der Waals surface area contributed by atoms with Gasteiger partial charge in [0, 0.05) is 31.7 Å². The Morgan fingerprint density at radius 2 is 1.96 bits per heavy atom. The minimum Gasteiger partial charge on any atom is -0.376 e. The fourth-order valence-electron chi connectivity index (χ4n) is 3.52. The van der Waals surface area contributed by atoms with Gasteiger partial charge in [-0.25, -0.2) is 4.79 Å². The molecule has 0 unspecified atom stereocenters. The third-order valence-electron chi connectivity index (χ3n) is 5.11. The van der Waals surface area contributed by atoms with Gasteiger partial charge in [-0.15, -0.1) is 0 Å². The summed E-state index contributed by atoms with van der Waals surface area (Å²) in [4.78, 5) is 29.8. The molecule has 3 heterocycles. The number of rotatable bonds is 5. The van der Waals surface area contributed by atoms with E-state index in [-0.39, 0.29) is 11.7 Å². The molecular formula is C19H22BrN5O3. The molecule has 8 nitrogen and oxygen atoms in total. The maximum Gasteiger partial charge on any atom is 0.332 e. The zero-order valence-corrected chi connectivity index (χ0v) is 17.4. The summed E-state index contributed by atoms with van der Waals surface area (Å²) in [7, 11) is 3.12. The molecule has 1 fully saturated rings. The Hall–Kier alpha value is -2.39. The molecule has 1 atom stereocenters. The Bertz CT molecular complexity index is 1120. The van der Waals surface area contributed by atoms with Gasteiger partial charge in [-0.3, -0.25) is 18.5 Å². The van der Waals surface area contributed by atoms with Crippen molar-refractivity contribution >= 4 is 33.0 Å². The number of anilines is 1. The molecular weight excluding hydrogens is 426 g/mol. The molecule has 0 saturated carbocycles. The van der Waals surface area contributed by atoms with E-state index in [1.165, 1.54) is 11.6 Å². The molecule has 1 aliphatic rings. The molecule has 2 aromatic heterocycles. The van der Waals surface area contributed by atoms with E-state index in [9.17, 15) is 9.59 Å². The van der Waals surface area contributed by atoms with Crippen molar-refractivity contribution in [1.82, 2.24) is 18.7 Å². The summed E-state index contributed by atoms with van der Waals surface area (Å²) in [5.41, 5.74) is 1.06. The van der Waals surface area contributed by atoms with Gasteiger partial charge in [0.2, 0.25) is 5.95 Å². The van der Waals surface area contributed by atoms with Crippen molar-refractivity contribution in [2.24, 2.45) is 14.1 Å². The molecule has 3 aromatic rings. The highest BCUT2D eigenvalue weighted by Gasteiger charge is 2.21. The number of hydrogen-bond acceptors (Lipinski definition) is 5. The maximum atomic E-state index is 12.9. The van der Waals surface area contributed by atoms with Crippen LogP contribution in [0.4, 0.5) is 5.95 Å². The summed E-state index contributed by atoms with van der Waals surface area (Å²) < 4.78 is 11.0. The zero-order valence-electron chi connectivity index (χ0n) is 15.8. The van der Waals surface area contributed by atoms with Crippen molar-refractivity contribution in [3.8, 4) is 0 Å². The second-order valence-corrected chi connectivity index (χ2v) is 7.96. The van der Waals surface area contributed by atoms with Crippen LogP contribution in [-0.2, 0) is 25.4 Å². The summed E-state index contributed by atoms with van der Waals surface area (Å²) in [6, 6.07) is 7.90. The quantitative estimate of drug-likeness (QED) is 0.644. The van der Waals surface area contributed by atoms with E-state index < -0.39 is 5.69 Å². The van der Waals surface area contributed by atoms with Crippen LogP contribution in [0.3, 0.4) is 0 Å². The lowest BCUT2D eigenvalue weighted by molar-refractivity contribution is 0.120. The molecule has 1 saturated heterocycles. The van der Waals surface area contributed by atoms with Crippen LogP contribution < -0.4 is 16.6 Å². The monoisotopic (exact) mass is 447 g/mol. The van der Waals surface area contributed by atoms with E-state index in [0.717, 1.165) is 34.1 Å². The second-order valence-electron chi connectivity index (χ2n) is 7.04. The number of imidazole rings is 1. The standard InChI is InChI=1S/C19H22BrN5O3/c1-23-16-15(17(26)24(2)19(23)27)25(11-12-5-7-13(20)8-6-12)18(22-16)21-10-14-4-3-9-28-14/h5-8,14H,3-4,9-11H2,1-2H3,(H,21,22)/t14-/m0/s1. The van der Waals surface area contributed by atoms with Crippen LogP contribution in [0.15, 0.2) is 38.3 Å². The average molecular weight is 448 g/mol. The summed E-state index contributed by atoms with van der Waals surface area (Å²) in [5, 5.41) is 3.32. The lowest BCUT2D eigenvalue weighted by atomic mass is 10.2. The molecule has 0 radical (unpaired) electrons. The molecule has 9 heteroatoms. The number of halogens is 1. The van der Waals surface area contributed by atoms with Gasteiger partial charge < -0.3 is 10.1 Å². The van der Waals surface area contributed by atoms with Crippen LogP contribution in [0.5, 0.6) is 0 Å². The van der Waals surface area contributed by atoms with E-state index in [1.54, 1.807) is 7.05 Å². The summed E-state index contributed by atoms with van der Waals surface area (Å²) >= 11 is 3.44. The SMILES string of the molecule is Cn1c(=O)c2c(nc(NC[C@@H]3CCCO3)n2Cc2ccc(Br)cc2)n(C)c1=O. The van der Waals surface area contributed by atoms with Crippen molar-refractivity contribution in [2.45, 2.75) is 25.5 Å². The minimum absolute atomic E-state index is 0.132. The smallest absolute Gasteiger partial charge is 0.332 e. The number of fused-ring (bicyclic) bond motifs is 1. The van der Waals surface area contributed by atoms with E-state index >= 15 is 0 Å². The molecule has 0 spiro atoms. The molecule has 1 aromatic carbocycles. The van der Waals surface area contributed by atoms with E-state index in [1.807, 2.05) is 28.8 Å². The minimum atomic E-state index is -0.392. The van der Waals surface area contributed by atoms with Crippen LogP contribution in [-0.4, -0.2) is 37.9 Å². The average Bonchev–Trinajstić information content (AvgIpc) is 3.33. The third-order valence-corrected chi connectivity index (χ3v) is 5.64. The molecule has 0 bridgehead atoms. The number of aromatic nitrogens is 4. The van der Waals surface area contributed by atoms with Crippen molar-refractivity contribution in [3.63, 3.8) is 0 Å². The Labute approximate surface area is 169 Å². The fraction of sp³-hybridized carbons (Fsp3) is 0.421. The van der Waals surface area contributed by atoms with Crippen molar-refractivity contribution in [2.75, 3.05) is 18.5 Å². The molecule has 0 aliphatic carbocycles. The van der Waals surface area contributed by atoms with Gasteiger partial charge in [0.1, 0.15) is 0 Å². The summed E-state index contributed by atoms with van der Waals surface area (Å²) in [6.45, 7) is 1.85. The highest BCUT2D eigenvalue weighted by atomic mass is 79.9. The largest absolute Gasteiger partial charge is 0.376 e. The van der Waals surface area contributed by atoms with E-state index in [2.05, 4.69) is 26.2 Å². The van der Waals surface area contributed by atoms with Crippen LogP contribution >= 0.6 is 15.9 Å². The molecule has 148 valence electrons. The van der Waals surface area contributed by atoms with E-state index in [0.29, 0.717) is 30.2 Å². The van der Waals surface area contributed by atoms with Crippen molar-refractivity contribution in [1.29, 1.82) is 0 Å². The Kier molecular flexibility index (Phi) is 5.11. The fourth-order valence-corrected chi connectivity index (χ4v) is 3.78. The van der Waals surface area contributed by atoms with Crippen LogP contribution in [0.25, 0.3) is 11.2 Å². The first kappa shape index (κ1) is 18.9. The highest BCUT2D eigenvalue weighted by molar-refractivity contribution is 9.10. The molecule has 1 N–H and O–H groups in total. The van der Waals surface area contributed by atoms with Gasteiger partial charge in [0.25, 0.3) is 5.56 Å². The maximum absolute atomic E-state index is 12.9. The number of ether oxygens (including phenoxy) is 1.